The summed E-state index contributed by atoms with van der Waals surface area (Å²) in [6.45, 7) is 0.616. The van der Waals surface area contributed by atoms with Crippen molar-refractivity contribution in [2.75, 3.05) is 24.3 Å². The van der Waals surface area contributed by atoms with E-state index in [9.17, 15) is 9.59 Å². The smallest absolute Gasteiger partial charge is 0.326 e. The number of carbonyl (C=O) groups is 2. The van der Waals surface area contributed by atoms with Gasteiger partial charge in [0.1, 0.15) is 6.04 Å². The highest BCUT2D eigenvalue weighted by atomic mass is 32.2. The number of rotatable bonds is 7. The van der Waals surface area contributed by atoms with Gasteiger partial charge in [0.15, 0.2) is 0 Å². The largest absolute Gasteiger partial charge is 0.480 e. The fraction of sp³-hybridized carbons (Fsp3) is 0.818. The van der Waals surface area contributed by atoms with Gasteiger partial charge < -0.3 is 15.7 Å². The maximum absolute atomic E-state index is 11.6. The number of nitrogens with one attached hydrogen (secondary N) is 2. The number of amides is 2. The minimum atomic E-state index is -0.977. The highest BCUT2D eigenvalue weighted by Crippen LogP contribution is 2.25. The maximum Gasteiger partial charge on any atom is 0.326 e. The van der Waals surface area contributed by atoms with Gasteiger partial charge in [-0.05, 0) is 37.0 Å². The van der Waals surface area contributed by atoms with E-state index in [2.05, 4.69) is 10.6 Å². The summed E-state index contributed by atoms with van der Waals surface area (Å²) in [5.41, 5.74) is 0. The van der Waals surface area contributed by atoms with Gasteiger partial charge in [-0.1, -0.05) is 0 Å². The molecule has 2 atom stereocenters. The van der Waals surface area contributed by atoms with Crippen LogP contribution in [0.3, 0.4) is 0 Å². The Morgan fingerprint density at radius 2 is 2.33 bits per heavy atom. The second kappa shape index (κ2) is 8.53. The number of carboxylic acids is 1. The Hall–Kier alpha value is -0.560. The highest BCUT2D eigenvalue weighted by Gasteiger charge is 2.20. The van der Waals surface area contributed by atoms with E-state index in [-0.39, 0.29) is 6.03 Å². The predicted octanol–water partition coefficient (Wildman–Crippen LogP) is 1.39. The molecule has 0 aromatic heterocycles. The summed E-state index contributed by atoms with van der Waals surface area (Å²) >= 11 is 3.43. The van der Waals surface area contributed by atoms with Crippen LogP contribution in [-0.2, 0) is 4.79 Å². The van der Waals surface area contributed by atoms with E-state index in [0.717, 1.165) is 17.9 Å². The lowest BCUT2D eigenvalue weighted by molar-refractivity contribution is -0.139. The Labute approximate surface area is 116 Å². The van der Waals surface area contributed by atoms with E-state index in [1.54, 1.807) is 11.8 Å². The van der Waals surface area contributed by atoms with Crippen LogP contribution in [0.15, 0.2) is 0 Å². The van der Waals surface area contributed by atoms with Gasteiger partial charge in [-0.2, -0.15) is 23.5 Å². The van der Waals surface area contributed by atoms with Gasteiger partial charge in [-0.25, -0.2) is 9.59 Å². The van der Waals surface area contributed by atoms with E-state index in [1.807, 2.05) is 18.0 Å². The summed E-state index contributed by atoms with van der Waals surface area (Å²) in [5, 5.41) is 14.7. The number of thioether (sulfide) groups is 2. The molecular formula is C11H20N2O3S2. The van der Waals surface area contributed by atoms with Crippen molar-refractivity contribution in [2.24, 2.45) is 0 Å². The third kappa shape index (κ3) is 5.86. The minimum absolute atomic E-state index is 0.379. The highest BCUT2D eigenvalue weighted by molar-refractivity contribution is 8.00. The predicted molar refractivity (Wildman–Crippen MR) is 76.4 cm³/mol. The molecule has 0 radical (unpaired) electrons. The lowest BCUT2D eigenvalue weighted by Crippen LogP contribution is -2.47. The molecule has 1 unspecified atom stereocenters. The maximum atomic E-state index is 11.6. The summed E-state index contributed by atoms with van der Waals surface area (Å²) in [6, 6.07) is -1.18. The number of hydrogen-bond donors (Lipinski definition) is 3. The number of carboxylic acid groups (broad SMARTS) is 1. The molecule has 1 saturated heterocycles. The van der Waals surface area contributed by atoms with Gasteiger partial charge in [0.25, 0.3) is 0 Å². The first-order valence-electron chi connectivity index (χ1n) is 6.01. The standard InChI is InChI=1S/C11H20N2O3S2/c1-17-6-4-9(10(14)15)13-11(16)12-7-8-3-2-5-18-8/h8-9H,2-7H2,1H3,(H,14,15)(H2,12,13,16)/t8?,9-/m1/s1. The van der Waals surface area contributed by atoms with Gasteiger partial charge in [-0.3, -0.25) is 0 Å². The lowest BCUT2D eigenvalue weighted by atomic mass is 10.2. The minimum Gasteiger partial charge on any atom is -0.480 e. The van der Waals surface area contributed by atoms with E-state index in [0.29, 0.717) is 18.2 Å². The topological polar surface area (TPSA) is 78.4 Å². The molecule has 104 valence electrons. The number of hydrogen-bond acceptors (Lipinski definition) is 4. The molecule has 0 spiro atoms. The average molecular weight is 292 g/mol. The fourth-order valence-corrected chi connectivity index (χ4v) is 3.39. The molecule has 0 saturated carbocycles. The molecule has 0 bridgehead atoms. The van der Waals surface area contributed by atoms with E-state index in [1.165, 1.54) is 6.42 Å². The van der Waals surface area contributed by atoms with Crippen LogP contribution in [0.5, 0.6) is 0 Å². The second-order valence-corrected chi connectivity index (χ2v) is 6.56. The molecule has 1 heterocycles. The van der Waals surface area contributed by atoms with E-state index in [4.69, 9.17) is 5.11 Å². The Balaban J connectivity index is 2.24. The zero-order valence-electron chi connectivity index (χ0n) is 10.5. The molecule has 1 rings (SSSR count). The first-order chi connectivity index (χ1) is 8.63. The Bertz CT molecular complexity index is 283. The molecule has 0 aromatic rings. The van der Waals surface area contributed by atoms with Gasteiger partial charge in [0.2, 0.25) is 0 Å². The van der Waals surface area contributed by atoms with Gasteiger partial charge in [-0.15, -0.1) is 0 Å². The Kier molecular flexibility index (Phi) is 7.34. The van der Waals surface area contributed by atoms with Gasteiger partial charge >= 0.3 is 12.0 Å². The number of carbonyl (C=O) groups excluding carboxylic acids is 1. The molecule has 7 heteroatoms. The molecule has 1 aliphatic rings. The Morgan fingerprint density at radius 1 is 1.56 bits per heavy atom. The van der Waals surface area contributed by atoms with Gasteiger partial charge in [0.05, 0.1) is 0 Å². The zero-order chi connectivity index (χ0) is 13.4. The normalized spacial score (nSPS) is 20.4. The summed E-state index contributed by atoms with van der Waals surface area (Å²) < 4.78 is 0. The molecule has 0 aliphatic carbocycles. The monoisotopic (exact) mass is 292 g/mol. The van der Waals surface area contributed by atoms with Crippen molar-refractivity contribution in [3.63, 3.8) is 0 Å². The number of aliphatic carboxylic acids is 1. The summed E-state index contributed by atoms with van der Waals surface area (Å²) in [5.74, 6) is 0.893. The summed E-state index contributed by atoms with van der Waals surface area (Å²) in [7, 11) is 0. The van der Waals surface area contributed by atoms with Gasteiger partial charge in [0, 0.05) is 11.8 Å². The van der Waals surface area contributed by atoms with Crippen molar-refractivity contribution in [3.8, 4) is 0 Å². The Morgan fingerprint density at radius 3 is 2.89 bits per heavy atom. The SMILES string of the molecule is CSCC[C@@H](NC(=O)NCC1CCCS1)C(=O)O. The quantitative estimate of drug-likeness (QED) is 0.661. The van der Waals surface area contributed by atoms with Crippen LogP contribution in [-0.4, -0.2) is 52.7 Å². The molecule has 1 fully saturated rings. The van der Waals surface area contributed by atoms with Crippen molar-refractivity contribution in [1.82, 2.24) is 10.6 Å². The van der Waals surface area contributed by atoms with Crippen molar-refractivity contribution in [3.05, 3.63) is 0 Å². The number of urea groups is 1. The molecule has 18 heavy (non-hydrogen) atoms. The zero-order valence-corrected chi connectivity index (χ0v) is 12.1. The fourth-order valence-electron chi connectivity index (χ4n) is 1.71. The van der Waals surface area contributed by atoms with Crippen LogP contribution in [0, 0.1) is 0 Å². The molecular weight excluding hydrogens is 272 g/mol. The van der Waals surface area contributed by atoms with Crippen LogP contribution in [0.2, 0.25) is 0 Å². The van der Waals surface area contributed by atoms with Crippen LogP contribution in [0.4, 0.5) is 4.79 Å². The van der Waals surface area contributed by atoms with Crippen LogP contribution < -0.4 is 10.6 Å². The first-order valence-corrected chi connectivity index (χ1v) is 8.45. The molecule has 5 nitrogen and oxygen atoms in total. The van der Waals surface area contributed by atoms with Crippen LogP contribution in [0.1, 0.15) is 19.3 Å². The third-order valence-corrected chi connectivity index (χ3v) is 4.77. The van der Waals surface area contributed by atoms with Crippen LogP contribution >= 0.6 is 23.5 Å². The molecule has 2 amide bonds. The second-order valence-electron chi connectivity index (χ2n) is 4.16. The average Bonchev–Trinajstić information content (AvgIpc) is 2.84. The van der Waals surface area contributed by atoms with Crippen molar-refractivity contribution >= 4 is 35.5 Å². The lowest BCUT2D eigenvalue weighted by Gasteiger charge is -2.16. The van der Waals surface area contributed by atoms with Crippen molar-refractivity contribution < 1.29 is 14.7 Å². The third-order valence-electron chi connectivity index (χ3n) is 2.73. The van der Waals surface area contributed by atoms with Crippen LogP contribution in [0.25, 0.3) is 0 Å². The van der Waals surface area contributed by atoms with E-state index < -0.39 is 12.0 Å². The van der Waals surface area contributed by atoms with E-state index >= 15 is 0 Å². The molecule has 1 aliphatic heterocycles. The summed E-state index contributed by atoms with van der Waals surface area (Å²) in [6.07, 6.45) is 4.68. The molecule has 3 N–H and O–H groups in total. The summed E-state index contributed by atoms with van der Waals surface area (Å²) in [4.78, 5) is 22.5. The molecule has 0 aromatic carbocycles. The van der Waals surface area contributed by atoms with Crippen molar-refractivity contribution in [2.45, 2.75) is 30.6 Å². The first kappa shape index (κ1) is 15.5. The van der Waals surface area contributed by atoms with Crippen molar-refractivity contribution in [1.29, 1.82) is 0 Å².